The number of sulfone groups is 1. The molecular formula is C15H21FO4S. The largest absolute Gasteiger partial charge is 0.490 e. The highest BCUT2D eigenvalue weighted by Gasteiger charge is 2.32. The van der Waals surface area contributed by atoms with E-state index < -0.39 is 27.0 Å². The van der Waals surface area contributed by atoms with Gasteiger partial charge >= 0.3 is 0 Å². The number of ether oxygens (including phenoxy) is 1. The summed E-state index contributed by atoms with van der Waals surface area (Å²) in [6.07, 6.45) is 3.47. The van der Waals surface area contributed by atoms with Crippen LogP contribution in [-0.2, 0) is 15.4 Å². The number of hydrogen-bond acceptors (Lipinski definition) is 4. The van der Waals surface area contributed by atoms with Gasteiger partial charge in [-0.3, -0.25) is 0 Å². The van der Waals surface area contributed by atoms with Crippen molar-refractivity contribution in [2.75, 3.05) is 18.6 Å². The van der Waals surface area contributed by atoms with Gasteiger partial charge in [0.2, 0.25) is 0 Å². The first-order valence-corrected chi connectivity index (χ1v) is 9.12. The minimum Gasteiger partial charge on any atom is -0.490 e. The lowest BCUT2D eigenvalue weighted by Gasteiger charge is -2.27. The number of aliphatic hydroxyl groups is 1. The van der Waals surface area contributed by atoms with Gasteiger partial charge in [0.1, 0.15) is 5.60 Å². The second-order valence-corrected chi connectivity index (χ2v) is 7.99. The van der Waals surface area contributed by atoms with Crippen molar-refractivity contribution in [3.8, 4) is 5.75 Å². The Morgan fingerprint density at radius 2 is 2.10 bits per heavy atom. The lowest BCUT2D eigenvalue weighted by molar-refractivity contribution is 0.0562. The molecule has 6 heteroatoms. The normalized spacial score (nSPS) is 18.3. The van der Waals surface area contributed by atoms with E-state index in [0.717, 1.165) is 19.1 Å². The average molecular weight is 316 g/mol. The van der Waals surface area contributed by atoms with Gasteiger partial charge in [0.25, 0.3) is 0 Å². The first-order chi connectivity index (χ1) is 9.73. The Hall–Kier alpha value is -1.14. The van der Waals surface area contributed by atoms with Crippen LogP contribution in [-0.4, -0.2) is 32.1 Å². The summed E-state index contributed by atoms with van der Waals surface area (Å²) in [6, 6.07) is 4.03. The molecule has 0 saturated heterocycles. The Balaban J connectivity index is 2.25. The van der Waals surface area contributed by atoms with Crippen molar-refractivity contribution in [2.45, 2.75) is 31.8 Å². The molecule has 1 saturated carbocycles. The van der Waals surface area contributed by atoms with Crippen LogP contribution < -0.4 is 4.74 Å². The molecule has 2 rings (SSSR count). The maximum absolute atomic E-state index is 13.7. The molecule has 1 aromatic rings. The topological polar surface area (TPSA) is 63.6 Å². The van der Waals surface area contributed by atoms with Gasteiger partial charge in [0, 0.05) is 6.26 Å². The van der Waals surface area contributed by atoms with Crippen LogP contribution in [0.1, 0.15) is 31.7 Å². The third-order valence-corrected chi connectivity index (χ3v) is 4.73. The van der Waals surface area contributed by atoms with E-state index in [1.165, 1.54) is 18.2 Å². The highest BCUT2D eigenvalue weighted by atomic mass is 32.2. The van der Waals surface area contributed by atoms with Crippen LogP contribution in [0.4, 0.5) is 4.39 Å². The molecule has 21 heavy (non-hydrogen) atoms. The molecule has 1 fully saturated rings. The van der Waals surface area contributed by atoms with E-state index in [4.69, 9.17) is 4.74 Å². The SMILES string of the molecule is CCC(O)(CS(C)(=O)=O)c1ccc(F)c(OCC2CC2)c1. The highest BCUT2D eigenvalue weighted by molar-refractivity contribution is 7.90. The van der Waals surface area contributed by atoms with E-state index in [9.17, 15) is 17.9 Å². The minimum atomic E-state index is -3.37. The zero-order chi connectivity index (χ0) is 15.7. The monoisotopic (exact) mass is 316 g/mol. The second-order valence-electron chi connectivity index (χ2n) is 5.85. The first-order valence-electron chi connectivity index (χ1n) is 7.06. The van der Waals surface area contributed by atoms with Gasteiger partial charge in [-0.25, -0.2) is 12.8 Å². The van der Waals surface area contributed by atoms with Crippen LogP contribution >= 0.6 is 0 Å². The summed E-state index contributed by atoms with van der Waals surface area (Å²) in [5, 5.41) is 10.6. The lowest BCUT2D eigenvalue weighted by atomic mass is 9.93. The van der Waals surface area contributed by atoms with Crippen LogP contribution in [0.15, 0.2) is 18.2 Å². The van der Waals surface area contributed by atoms with Crippen molar-refractivity contribution in [1.82, 2.24) is 0 Å². The molecule has 1 aliphatic rings. The van der Waals surface area contributed by atoms with Gasteiger partial charge in [-0.05, 0) is 42.9 Å². The molecule has 0 spiro atoms. The maximum Gasteiger partial charge on any atom is 0.165 e. The molecule has 0 amide bonds. The van der Waals surface area contributed by atoms with Crippen LogP contribution in [0, 0.1) is 11.7 Å². The molecule has 1 atom stereocenters. The Morgan fingerprint density at radius 1 is 1.43 bits per heavy atom. The van der Waals surface area contributed by atoms with Crippen LogP contribution in [0.5, 0.6) is 5.75 Å². The average Bonchev–Trinajstić information content (AvgIpc) is 3.19. The zero-order valence-electron chi connectivity index (χ0n) is 12.3. The summed E-state index contributed by atoms with van der Waals surface area (Å²) < 4.78 is 42.2. The molecule has 0 heterocycles. The standard InChI is InChI=1S/C15H21FO4S/c1-3-15(17,10-21(2,18)19)12-6-7-13(16)14(8-12)20-9-11-4-5-11/h6-8,11,17H,3-5,9-10H2,1-2H3. The van der Waals surface area contributed by atoms with Crippen molar-refractivity contribution in [3.63, 3.8) is 0 Å². The van der Waals surface area contributed by atoms with Gasteiger partial charge < -0.3 is 9.84 Å². The molecule has 1 aliphatic carbocycles. The molecule has 0 bridgehead atoms. The third kappa shape index (κ3) is 4.41. The van der Waals surface area contributed by atoms with E-state index in [1.807, 2.05) is 0 Å². The van der Waals surface area contributed by atoms with Crippen molar-refractivity contribution in [3.05, 3.63) is 29.6 Å². The van der Waals surface area contributed by atoms with Crippen molar-refractivity contribution in [2.24, 2.45) is 5.92 Å². The third-order valence-electron chi connectivity index (χ3n) is 3.73. The smallest absolute Gasteiger partial charge is 0.165 e. The summed E-state index contributed by atoms with van der Waals surface area (Å²) in [5.41, 5.74) is -1.17. The molecule has 1 aromatic carbocycles. The predicted octanol–water partition coefficient (Wildman–Crippen LogP) is 2.26. The van der Waals surface area contributed by atoms with Crippen LogP contribution in [0.25, 0.3) is 0 Å². The Bertz CT molecular complexity index is 610. The minimum absolute atomic E-state index is 0.0692. The molecule has 118 valence electrons. The zero-order valence-corrected chi connectivity index (χ0v) is 13.1. The molecule has 0 radical (unpaired) electrons. The Morgan fingerprint density at radius 3 is 2.62 bits per heavy atom. The molecule has 1 N–H and O–H groups in total. The Kier molecular flexibility index (Phi) is 4.58. The summed E-state index contributed by atoms with van der Waals surface area (Å²) in [5.74, 6) is -0.351. The highest BCUT2D eigenvalue weighted by Crippen LogP contribution is 2.33. The number of halogens is 1. The van der Waals surface area contributed by atoms with Crippen molar-refractivity contribution < 1.29 is 22.7 Å². The summed E-state index contributed by atoms with van der Waals surface area (Å²) in [4.78, 5) is 0. The van der Waals surface area contributed by atoms with E-state index in [2.05, 4.69) is 0 Å². The van der Waals surface area contributed by atoms with E-state index in [1.54, 1.807) is 6.92 Å². The van der Waals surface area contributed by atoms with E-state index in [0.29, 0.717) is 18.1 Å². The molecular weight excluding hydrogens is 295 g/mol. The fraction of sp³-hybridized carbons (Fsp3) is 0.600. The summed E-state index contributed by atoms with van der Waals surface area (Å²) >= 11 is 0. The fourth-order valence-electron chi connectivity index (χ4n) is 2.22. The molecule has 0 aliphatic heterocycles. The maximum atomic E-state index is 13.7. The van der Waals surface area contributed by atoms with Gasteiger partial charge in [0.05, 0.1) is 12.4 Å². The molecule has 4 nitrogen and oxygen atoms in total. The predicted molar refractivity (Wildman–Crippen MR) is 78.5 cm³/mol. The lowest BCUT2D eigenvalue weighted by Crippen LogP contribution is -2.33. The van der Waals surface area contributed by atoms with Gasteiger partial charge in [-0.15, -0.1) is 0 Å². The van der Waals surface area contributed by atoms with E-state index >= 15 is 0 Å². The van der Waals surface area contributed by atoms with Crippen LogP contribution in [0.3, 0.4) is 0 Å². The number of rotatable bonds is 7. The van der Waals surface area contributed by atoms with Crippen molar-refractivity contribution >= 4 is 9.84 Å². The Labute approximate surface area is 124 Å². The fourth-order valence-corrected chi connectivity index (χ4v) is 3.46. The van der Waals surface area contributed by atoms with Gasteiger partial charge in [-0.2, -0.15) is 0 Å². The second kappa shape index (κ2) is 5.93. The number of hydrogen-bond donors (Lipinski definition) is 1. The summed E-state index contributed by atoms with van der Waals surface area (Å²) in [7, 11) is -3.37. The van der Waals surface area contributed by atoms with E-state index in [-0.39, 0.29) is 12.2 Å². The molecule has 1 unspecified atom stereocenters. The van der Waals surface area contributed by atoms with Crippen molar-refractivity contribution in [1.29, 1.82) is 0 Å². The quantitative estimate of drug-likeness (QED) is 0.838. The summed E-state index contributed by atoms with van der Waals surface area (Å²) in [6.45, 7) is 2.15. The molecule has 0 aromatic heterocycles. The first kappa shape index (κ1) is 16.2. The van der Waals surface area contributed by atoms with Gasteiger partial charge in [-0.1, -0.05) is 13.0 Å². The van der Waals surface area contributed by atoms with Gasteiger partial charge in [0.15, 0.2) is 21.4 Å². The van der Waals surface area contributed by atoms with Crippen LogP contribution in [0.2, 0.25) is 0 Å². The number of benzene rings is 1.